The monoisotopic (exact) mass is 385 g/mol. The molecule has 148 valence electrons. The summed E-state index contributed by atoms with van der Waals surface area (Å²) in [4.78, 5) is 27.0. The Bertz CT molecular complexity index is 624. The maximum atomic E-state index is 13.0. The van der Waals surface area contributed by atoms with E-state index in [1.54, 1.807) is 11.1 Å². The lowest BCUT2D eigenvalue weighted by atomic mass is 9.96. The van der Waals surface area contributed by atoms with E-state index in [-0.39, 0.29) is 35.7 Å². The van der Waals surface area contributed by atoms with Gasteiger partial charge in [0.1, 0.15) is 0 Å². The summed E-state index contributed by atoms with van der Waals surface area (Å²) in [5.41, 5.74) is 6.87. The molecule has 1 unspecified atom stereocenters. The molecular formula is C18H32ClN5O2. The Labute approximate surface area is 162 Å². The van der Waals surface area contributed by atoms with Crippen molar-refractivity contribution in [1.82, 2.24) is 20.0 Å². The number of likely N-dealkylation sites (tertiary alicyclic amines) is 1. The first-order valence-corrected chi connectivity index (χ1v) is 9.14. The molecule has 7 nitrogen and oxygen atoms in total. The summed E-state index contributed by atoms with van der Waals surface area (Å²) >= 11 is 0. The first kappa shape index (κ1) is 22.4. The molecule has 2 heterocycles. The highest BCUT2D eigenvalue weighted by atomic mass is 35.5. The summed E-state index contributed by atoms with van der Waals surface area (Å²) in [5, 5.41) is 7.27. The van der Waals surface area contributed by atoms with Gasteiger partial charge in [-0.3, -0.25) is 14.3 Å². The van der Waals surface area contributed by atoms with Crippen LogP contribution >= 0.6 is 12.4 Å². The number of amides is 2. The molecular weight excluding hydrogens is 354 g/mol. The van der Waals surface area contributed by atoms with Crippen LogP contribution in [0.3, 0.4) is 0 Å². The summed E-state index contributed by atoms with van der Waals surface area (Å²) < 4.78 is 1.93. The molecule has 1 fully saturated rings. The molecule has 1 saturated heterocycles. The second-order valence-electron chi connectivity index (χ2n) is 7.61. The van der Waals surface area contributed by atoms with Crippen LogP contribution in [0.1, 0.15) is 56.6 Å². The van der Waals surface area contributed by atoms with Gasteiger partial charge in [-0.1, -0.05) is 6.92 Å². The molecule has 1 atom stereocenters. The minimum Gasteiger partial charge on any atom is -0.355 e. The van der Waals surface area contributed by atoms with Crippen LogP contribution in [0, 0.1) is 5.92 Å². The molecule has 8 heteroatoms. The first-order valence-electron chi connectivity index (χ1n) is 9.14. The third kappa shape index (κ3) is 4.98. The molecule has 1 aromatic heterocycles. The number of piperidine rings is 1. The predicted octanol–water partition coefficient (Wildman–Crippen LogP) is 1.55. The van der Waals surface area contributed by atoms with Gasteiger partial charge in [0, 0.05) is 26.2 Å². The second kappa shape index (κ2) is 9.37. The van der Waals surface area contributed by atoms with Gasteiger partial charge in [0.25, 0.3) is 5.91 Å². The number of carbonyl (C=O) groups excluding carboxylic acids is 2. The highest BCUT2D eigenvalue weighted by molar-refractivity contribution is 5.95. The van der Waals surface area contributed by atoms with Crippen LogP contribution in [0.15, 0.2) is 6.20 Å². The van der Waals surface area contributed by atoms with Crippen molar-refractivity contribution < 1.29 is 9.59 Å². The lowest BCUT2D eigenvalue weighted by Gasteiger charge is -2.32. The Hall–Kier alpha value is -1.60. The van der Waals surface area contributed by atoms with Gasteiger partial charge in [-0.2, -0.15) is 5.10 Å². The zero-order valence-electron chi connectivity index (χ0n) is 16.2. The molecule has 0 saturated carbocycles. The van der Waals surface area contributed by atoms with Crippen molar-refractivity contribution in [2.45, 2.75) is 52.5 Å². The zero-order valence-corrected chi connectivity index (χ0v) is 17.1. The maximum absolute atomic E-state index is 13.0. The lowest BCUT2D eigenvalue weighted by molar-refractivity contribution is -0.126. The molecule has 1 aromatic rings. The molecule has 0 bridgehead atoms. The van der Waals surface area contributed by atoms with E-state index in [4.69, 9.17) is 5.73 Å². The summed E-state index contributed by atoms with van der Waals surface area (Å²) in [5.74, 6) is -0.195. The zero-order chi connectivity index (χ0) is 18.6. The van der Waals surface area contributed by atoms with E-state index >= 15 is 0 Å². The van der Waals surface area contributed by atoms with Crippen LogP contribution in [0.4, 0.5) is 0 Å². The van der Waals surface area contributed by atoms with Crippen molar-refractivity contribution >= 4 is 24.2 Å². The number of halogens is 1. The average molecular weight is 386 g/mol. The minimum atomic E-state index is -0.170. The third-order valence-electron chi connectivity index (χ3n) is 4.59. The fourth-order valence-corrected chi connectivity index (χ4v) is 3.36. The Kier molecular flexibility index (Phi) is 8.09. The van der Waals surface area contributed by atoms with E-state index in [0.29, 0.717) is 31.7 Å². The summed E-state index contributed by atoms with van der Waals surface area (Å²) in [6, 6.07) is 0. The number of nitrogens with one attached hydrogen (secondary N) is 1. The van der Waals surface area contributed by atoms with E-state index in [1.165, 1.54) is 0 Å². The molecule has 0 radical (unpaired) electrons. The van der Waals surface area contributed by atoms with Crippen LogP contribution in [0.25, 0.3) is 0 Å². The van der Waals surface area contributed by atoms with Crippen LogP contribution in [0.5, 0.6) is 0 Å². The van der Waals surface area contributed by atoms with Gasteiger partial charge >= 0.3 is 0 Å². The fraction of sp³-hybridized carbons (Fsp3) is 0.722. The fourth-order valence-electron chi connectivity index (χ4n) is 3.36. The number of rotatable bonds is 5. The molecule has 0 aromatic carbocycles. The van der Waals surface area contributed by atoms with Crippen molar-refractivity contribution in [3.05, 3.63) is 17.5 Å². The predicted molar refractivity (Wildman–Crippen MR) is 105 cm³/mol. The van der Waals surface area contributed by atoms with Crippen LogP contribution in [0.2, 0.25) is 0 Å². The Balaban J connectivity index is 0.00000338. The minimum absolute atomic E-state index is 0. The largest absolute Gasteiger partial charge is 0.355 e. The van der Waals surface area contributed by atoms with Crippen LogP contribution in [-0.2, 0) is 16.8 Å². The van der Waals surface area contributed by atoms with E-state index in [2.05, 4.69) is 31.2 Å². The molecule has 1 aliphatic heterocycles. The molecule has 0 aliphatic carbocycles. The van der Waals surface area contributed by atoms with E-state index in [9.17, 15) is 9.59 Å². The van der Waals surface area contributed by atoms with E-state index < -0.39 is 0 Å². The van der Waals surface area contributed by atoms with Crippen molar-refractivity contribution in [3.63, 3.8) is 0 Å². The maximum Gasteiger partial charge on any atom is 0.257 e. The second-order valence-corrected chi connectivity index (χ2v) is 7.61. The van der Waals surface area contributed by atoms with Crippen molar-refractivity contribution in [3.8, 4) is 0 Å². The molecule has 0 spiro atoms. The van der Waals surface area contributed by atoms with Crippen LogP contribution < -0.4 is 11.1 Å². The van der Waals surface area contributed by atoms with Gasteiger partial charge in [-0.15, -0.1) is 12.4 Å². The third-order valence-corrected chi connectivity index (χ3v) is 4.59. The highest BCUT2D eigenvalue weighted by Crippen LogP contribution is 2.23. The number of carbonyl (C=O) groups is 2. The lowest BCUT2D eigenvalue weighted by Crippen LogP contribution is -2.46. The Morgan fingerprint density at radius 2 is 2.08 bits per heavy atom. The van der Waals surface area contributed by atoms with Gasteiger partial charge in [0.05, 0.1) is 28.9 Å². The smallest absolute Gasteiger partial charge is 0.257 e. The van der Waals surface area contributed by atoms with Gasteiger partial charge in [-0.25, -0.2) is 0 Å². The van der Waals surface area contributed by atoms with Crippen molar-refractivity contribution in [2.24, 2.45) is 11.7 Å². The molecule has 2 amide bonds. The Morgan fingerprint density at radius 3 is 2.65 bits per heavy atom. The quantitative estimate of drug-likeness (QED) is 0.804. The number of nitrogens with two attached hydrogens (primary N) is 1. The molecule has 3 N–H and O–H groups in total. The van der Waals surface area contributed by atoms with Crippen LogP contribution in [-0.4, -0.2) is 52.7 Å². The number of aromatic nitrogens is 2. The Morgan fingerprint density at radius 1 is 1.38 bits per heavy atom. The molecule has 1 aliphatic rings. The average Bonchev–Trinajstić information content (AvgIpc) is 3.03. The first-order chi connectivity index (χ1) is 11.8. The standard InChI is InChI=1S/C18H31N5O2.ClH/c1-5-15-14(11-21-23(15)18(2,3)4)17(25)22-10-6-7-13(12-22)16(24)20-9-8-19;/h11,13H,5-10,12,19H2,1-4H3,(H,20,24);1H. The van der Waals surface area contributed by atoms with Crippen molar-refractivity contribution in [1.29, 1.82) is 0 Å². The number of hydrogen-bond acceptors (Lipinski definition) is 4. The summed E-state index contributed by atoms with van der Waals surface area (Å²) in [6.07, 6.45) is 4.06. The molecule has 2 rings (SSSR count). The summed E-state index contributed by atoms with van der Waals surface area (Å²) in [6.45, 7) is 10.3. The molecule has 26 heavy (non-hydrogen) atoms. The van der Waals surface area contributed by atoms with Gasteiger partial charge in [-0.05, 0) is 40.0 Å². The van der Waals surface area contributed by atoms with Gasteiger partial charge in [0.2, 0.25) is 5.91 Å². The van der Waals surface area contributed by atoms with Crippen molar-refractivity contribution in [2.75, 3.05) is 26.2 Å². The summed E-state index contributed by atoms with van der Waals surface area (Å²) in [7, 11) is 0. The normalized spacial score (nSPS) is 17.6. The van der Waals surface area contributed by atoms with Gasteiger partial charge in [0.15, 0.2) is 0 Å². The van der Waals surface area contributed by atoms with E-state index in [1.807, 2.05) is 11.6 Å². The number of nitrogens with zero attached hydrogens (tertiary/aromatic N) is 3. The SMILES string of the molecule is CCc1c(C(=O)N2CCCC(C(=O)NCCN)C2)cnn1C(C)(C)C.Cl. The topological polar surface area (TPSA) is 93.2 Å². The highest BCUT2D eigenvalue weighted by Gasteiger charge is 2.31. The van der Waals surface area contributed by atoms with Gasteiger partial charge < -0.3 is 16.0 Å². The van der Waals surface area contributed by atoms with E-state index in [0.717, 1.165) is 25.0 Å². The number of hydrogen-bond donors (Lipinski definition) is 2.